The highest BCUT2D eigenvalue weighted by Crippen LogP contribution is 2.26. The van der Waals surface area contributed by atoms with Crippen molar-refractivity contribution in [3.63, 3.8) is 0 Å². The fraction of sp³-hybridized carbons (Fsp3) is 0.333. The van der Waals surface area contributed by atoms with Gasteiger partial charge in [0.15, 0.2) is 0 Å². The number of hydrogen-bond donors (Lipinski definition) is 1. The summed E-state index contributed by atoms with van der Waals surface area (Å²) in [5, 5.41) is 4.71. The minimum Gasteiger partial charge on any atom is -0.472 e. The SMILES string of the molecule is CCCNC(Cc1ccc(Cl)c(Cl)c1)c1ccoc1. The summed E-state index contributed by atoms with van der Waals surface area (Å²) in [4.78, 5) is 0. The third-order valence-electron chi connectivity index (χ3n) is 3.01. The second-order valence-corrected chi connectivity index (χ2v) is 5.33. The van der Waals surface area contributed by atoms with Gasteiger partial charge in [-0.2, -0.15) is 0 Å². The van der Waals surface area contributed by atoms with Gasteiger partial charge in [-0.15, -0.1) is 0 Å². The van der Waals surface area contributed by atoms with Crippen molar-refractivity contribution in [3.8, 4) is 0 Å². The lowest BCUT2D eigenvalue weighted by atomic mass is 10.0. The van der Waals surface area contributed by atoms with E-state index in [0.717, 1.165) is 30.5 Å². The molecule has 2 aromatic rings. The molecule has 0 amide bonds. The van der Waals surface area contributed by atoms with E-state index in [0.29, 0.717) is 10.0 Å². The Morgan fingerprint density at radius 1 is 1.21 bits per heavy atom. The van der Waals surface area contributed by atoms with Crippen LogP contribution in [-0.4, -0.2) is 6.54 Å². The van der Waals surface area contributed by atoms with E-state index in [4.69, 9.17) is 27.6 Å². The van der Waals surface area contributed by atoms with Crippen molar-refractivity contribution in [1.82, 2.24) is 5.32 Å². The van der Waals surface area contributed by atoms with Crippen LogP contribution in [0.2, 0.25) is 10.0 Å². The van der Waals surface area contributed by atoms with Crippen molar-refractivity contribution < 1.29 is 4.42 Å². The Kier molecular flexibility index (Phi) is 5.32. The van der Waals surface area contributed by atoms with Crippen molar-refractivity contribution in [1.29, 1.82) is 0 Å². The van der Waals surface area contributed by atoms with E-state index in [2.05, 4.69) is 12.2 Å². The van der Waals surface area contributed by atoms with Gasteiger partial charge >= 0.3 is 0 Å². The van der Waals surface area contributed by atoms with Gasteiger partial charge < -0.3 is 9.73 Å². The fourth-order valence-corrected chi connectivity index (χ4v) is 2.32. The van der Waals surface area contributed by atoms with E-state index < -0.39 is 0 Å². The standard InChI is InChI=1S/C15H17Cl2NO/c1-2-6-18-15(12-5-7-19-10-12)9-11-3-4-13(16)14(17)8-11/h3-5,7-8,10,15,18H,2,6,9H2,1H3. The van der Waals surface area contributed by atoms with Crippen LogP contribution in [0.4, 0.5) is 0 Å². The molecule has 1 N–H and O–H groups in total. The summed E-state index contributed by atoms with van der Waals surface area (Å²) in [6.45, 7) is 3.12. The first-order chi connectivity index (χ1) is 9.20. The summed E-state index contributed by atoms with van der Waals surface area (Å²) >= 11 is 12.0. The molecule has 2 nitrogen and oxygen atoms in total. The molecule has 0 bridgehead atoms. The lowest BCUT2D eigenvalue weighted by molar-refractivity contribution is 0.512. The zero-order valence-electron chi connectivity index (χ0n) is 10.8. The molecule has 2 rings (SSSR count). The zero-order valence-corrected chi connectivity index (χ0v) is 12.3. The van der Waals surface area contributed by atoms with Gasteiger partial charge in [0.05, 0.1) is 22.6 Å². The van der Waals surface area contributed by atoms with E-state index in [9.17, 15) is 0 Å². The topological polar surface area (TPSA) is 25.2 Å². The molecule has 102 valence electrons. The zero-order chi connectivity index (χ0) is 13.7. The molecular weight excluding hydrogens is 281 g/mol. The van der Waals surface area contributed by atoms with Crippen LogP contribution in [0.1, 0.15) is 30.5 Å². The Balaban J connectivity index is 2.13. The predicted octanol–water partition coefficient (Wildman–Crippen LogP) is 4.87. The molecule has 0 saturated heterocycles. The molecule has 4 heteroatoms. The van der Waals surface area contributed by atoms with Crippen LogP contribution in [0.3, 0.4) is 0 Å². The Bertz CT molecular complexity index is 511. The first-order valence-corrected chi connectivity index (χ1v) is 7.15. The van der Waals surface area contributed by atoms with Crippen molar-refractivity contribution >= 4 is 23.2 Å². The van der Waals surface area contributed by atoms with E-state index in [-0.39, 0.29) is 6.04 Å². The highest BCUT2D eigenvalue weighted by Gasteiger charge is 2.13. The Hall–Kier alpha value is -0.960. The number of hydrogen-bond acceptors (Lipinski definition) is 2. The Morgan fingerprint density at radius 3 is 2.68 bits per heavy atom. The number of nitrogens with one attached hydrogen (secondary N) is 1. The molecule has 1 heterocycles. The highest BCUT2D eigenvalue weighted by atomic mass is 35.5. The van der Waals surface area contributed by atoms with E-state index >= 15 is 0 Å². The molecular formula is C15H17Cl2NO. The summed E-state index contributed by atoms with van der Waals surface area (Å²) in [5.41, 5.74) is 2.31. The van der Waals surface area contributed by atoms with Crippen molar-refractivity contribution in [2.24, 2.45) is 0 Å². The average molecular weight is 298 g/mol. The molecule has 19 heavy (non-hydrogen) atoms. The second kappa shape index (κ2) is 6.99. The third kappa shape index (κ3) is 4.00. The van der Waals surface area contributed by atoms with Gasteiger partial charge in [0.1, 0.15) is 0 Å². The smallest absolute Gasteiger partial charge is 0.0950 e. The molecule has 0 aliphatic heterocycles. The summed E-state index contributed by atoms with van der Waals surface area (Å²) in [6.07, 6.45) is 5.43. The van der Waals surface area contributed by atoms with Gasteiger partial charge in [-0.25, -0.2) is 0 Å². The minimum atomic E-state index is 0.232. The van der Waals surface area contributed by atoms with Crippen LogP contribution in [0.5, 0.6) is 0 Å². The first-order valence-electron chi connectivity index (χ1n) is 6.40. The maximum Gasteiger partial charge on any atom is 0.0950 e. The average Bonchev–Trinajstić information content (AvgIpc) is 2.92. The van der Waals surface area contributed by atoms with Crippen molar-refractivity contribution in [2.75, 3.05) is 6.54 Å². The molecule has 0 aliphatic rings. The monoisotopic (exact) mass is 297 g/mol. The largest absolute Gasteiger partial charge is 0.472 e. The molecule has 0 spiro atoms. The van der Waals surface area contributed by atoms with E-state index in [1.54, 1.807) is 12.5 Å². The predicted molar refractivity (Wildman–Crippen MR) is 79.9 cm³/mol. The summed E-state index contributed by atoms with van der Waals surface area (Å²) in [6, 6.07) is 7.99. The molecule has 0 saturated carbocycles. The first kappa shape index (κ1) is 14.4. The maximum absolute atomic E-state index is 6.06. The lowest BCUT2D eigenvalue weighted by Gasteiger charge is -2.17. The number of halogens is 2. The fourth-order valence-electron chi connectivity index (χ4n) is 2.00. The van der Waals surface area contributed by atoms with Crippen LogP contribution in [-0.2, 0) is 6.42 Å². The number of furan rings is 1. The molecule has 1 aromatic carbocycles. The second-order valence-electron chi connectivity index (χ2n) is 4.52. The van der Waals surface area contributed by atoms with Gasteiger partial charge in [0, 0.05) is 11.6 Å². The highest BCUT2D eigenvalue weighted by molar-refractivity contribution is 6.42. The van der Waals surface area contributed by atoms with Gasteiger partial charge in [0.2, 0.25) is 0 Å². The van der Waals surface area contributed by atoms with E-state index in [1.807, 2.05) is 24.3 Å². The third-order valence-corrected chi connectivity index (χ3v) is 3.75. The van der Waals surface area contributed by atoms with Crippen LogP contribution >= 0.6 is 23.2 Å². The van der Waals surface area contributed by atoms with Gasteiger partial charge in [0.25, 0.3) is 0 Å². The van der Waals surface area contributed by atoms with Gasteiger partial charge in [-0.3, -0.25) is 0 Å². The summed E-state index contributed by atoms with van der Waals surface area (Å²) < 4.78 is 5.17. The molecule has 0 radical (unpaired) electrons. The molecule has 0 aliphatic carbocycles. The Morgan fingerprint density at radius 2 is 2.05 bits per heavy atom. The molecule has 0 fully saturated rings. The summed E-state index contributed by atoms with van der Waals surface area (Å²) in [5.74, 6) is 0. The molecule has 1 atom stereocenters. The van der Waals surface area contributed by atoms with Crippen LogP contribution in [0.15, 0.2) is 41.2 Å². The summed E-state index contributed by atoms with van der Waals surface area (Å²) in [7, 11) is 0. The van der Waals surface area contributed by atoms with Crippen molar-refractivity contribution in [3.05, 3.63) is 58.0 Å². The van der Waals surface area contributed by atoms with E-state index in [1.165, 1.54) is 0 Å². The van der Waals surface area contributed by atoms with Crippen LogP contribution < -0.4 is 5.32 Å². The quantitative estimate of drug-likeness (QED) is 0.823. The molecule has 1 aromatic heterocycles. The van der Waals surface area contributed by atoms with Gasteiger partial charge in [-0.05, 0) is 43.1 Å². The van der Waals surface area contributed by atoms with Crippen LogP contribution in [0.25, 0.3) is 0 Å². The van der Waals surface area contributed by atoms with Crippen LogP contribution in [0, 0.1) is 0 Å². The lowest BCUT2D eigenvalue weighted by Crippen LogP contribution is -2.23. The maximum atomic E-state index is 6.06. The minimum absolute atomic E-state index is 0.232. The normalized spacial score (nSPS) is 12.6. The number of rotatable bonds is 6. The Labute approximate surface area is 123 Å². The number of benzene rings is 1. The molecule has 1 unspecified atom stereocenters. The van der Waals surface area contributed by atoms with Crippen molar-refractivity contribution in [2.45, 2.75) is 25.8 Å². The van der Waals surface area contributed by atoms with Gasteiger partial charge in [-0.1, -0.05) is 36.2 Å².